The van der Waals surface area contributed by atoms with Gasteiger partial charge in [-0.1, -0.05) is 11.6 Å². The molecule has 0 atom stereocenters. The first-order valence-corrected chi connectivity index (χ1v) is 10.4. The highest BCUT2D eigenvalue weighted by atomic mass is 16.5. The molecule has 2 aromatic heterocycles. The zero-order valence-electron chi connectivity index (χ0n) is 18.5. The lowest BCUT2D eigenvalue weighted by atomic mass is 10.1. The van der Waals surface area contributed by atoms with Gasteiger partial charge in [-0.2, -0.15) is 0 Å². The van der Waals surface area contributed by atoms with Crippen molar-refractivity contribution < 1.29 is 19.1 Å². The fraction of sp³-hybridized carbons (Fsp3) is 0.364. The van der Waals surface area contributed by atoms with Crippen LogP contribution in [0.3, 0.4) is 0 Å². The van der Waals surface area contributed by atoms with Gasteiger partial charge in [0.05, 0.1) is 24.0 Å². The lowest BCUT2D eigenvalue weighted by Gasteiger charge is -2.13. The summed E-state index contributed by atoms with van der Waals surface area (Å²) in [6.45, 7) is 2.16. The number of carbonyl (C=O) groups excluding carboxylic acids is 3. The Balaban J connectivity index is 1.30. The van der Waals surface area contributed by atoms with Gasteiger partial charge in [0, 0.05) is 27.1 Å². The highest BCUT2D eigenvalue weighted by molar-refractivity contribution is 6.21. The Morgan fingerprint density at radius 3 is 2.48 bits per heavy atom. The van der Waals surface area contributed by atoms with E-state index in [1.165, 1.54) is 29.6 Å². The highest BCUT2D eigenvalue weighted by Gasteiger charge is 2.35. The van der Waals surface area contributed by atoms with E-state index in [2.05, 4.69) is 4.98 Å². The number of imidazole rings is 1. The molecule has 0 N–H and O–H groups in total. The summed E-state index contributed by atoms with van der Waals surface area (Å²) in [4.78, 5) is 66.7. The summed E-state index contributed by atoms with van der Waals surface area (Å²) in [6, 6.07) is 5.11. The maximum Gasteiger partial charge on any atom is 0.332 e. The van der Waals surface area contributed by atoms with Gasteiger partial charge >= 0.3 is 11.7 Å². The SMILES string of the molecule is Cc1ccc2c(c1)C(=O)N(CCCC(=O)OCCn1cnc3c1c(=O)n(C)c(=O)n3C)C2=O. The van der Waals surface area contributed by atoms with E-state index in [1.54, 1.807) is 18.2 Å². The van der Waals surface area contributed by atoms with E-state index in [9.17, 15) is 24.0 Å². The molecule has 0 radical (unpaired) electrons. The standard InChI is InChI=1S/C22H23N5O6/c1-13-6-7-14-15(11-13)20(30)27(19(14)29)8-4-5-16(28)33-10-9-26-12-23-18-17(26)21(31)25(3)22(32)24(18)2/h6-7,11-12H,4-5,8-10H2,1-3H3. The van der Waals surface area contributed by atoms with Crippen molar-refractivity contribution in [2.45, 2.75) is 26.3 Å². The number of hydrogen-bond acceptors (Lipinski definition) is 7. The maximum absolute atomic E-state index is 12.5. The Morgan fingerprint density at radius 2 is 1.73 bits per heavy atom. The van der Waals surface area contributed by atoms with Crippen molar-refractivity contribution in [2.24, 2.45) is 14.1 Å². The van der Waals surface area contributed by atoms with Crippen molar-refractivity contribution in [1.82, 2.24) is 23.6 Å². The zero-order chi connectivity index (χ0) is 23.9. The monoisotopic (exact) mass is 453 g/mol. The van der Waals surface area contributed by atoms with Crippen molar-refractivity contribution in [3.63, 3.8) is 0 Å². The Bertz CT molecular complexity index is 1410. The van der Waals surface area contributed by atoms with Crippen molar-refractivity contribution in [3.05, 3.63) is 62.1 Å². The van der Waals surface area contributed by atoms with Crippen LogP contribution in [-0.4, -0.2) is 54.5 Å². The molecule has 1 aromatic carbocycles. The van der Waals surface area contributed by atoms with Crippen LogP contribution in [0.25, 0.3) is 11.2 Å². The minimum absolute atomic E-state index is 0.00256. The van der Waals surface area contributed by atoms with E-state index < -0.39 is 17.2 Å². The Morgan fingerprint density at radius 1 is 1.00 bits per heavy atom. The Kier molecular flexibility index (Phi) is 5.71. The summed E-state index contributed by atoms with van der Waals surface area (Å²) < 4.78 is 9.03. The van der Waals surface area contributed by atoms with Crippen molar-refractivity contribution in [3.8, 4) is 0 Å². The second-order valence-corrected chi connectivity index (χ2v) is 7.95. The molecule has 1 aliphatic heterocycles. The molecule has 2 amide bonds. The minimum atomic E-state index is -0.479. The summed E-state index contributed by atoms with van der Waals surface area (Å²) in [7, 11) is 2.91. The molecule has 0 saturated heterocycles. The number of aromatic nitrogens is 4. The fourth-order valence-electron chi connectivity index (χ4n) is 3.89. The molecule has 0 spiro atoms. The molecule has 11 nitrogen and oxygen atoms in total. The van der Waals surface area contributed by atoms with Crippen LogP contribution in [0.4, 0.5) is 0 Å². The van der Waals surface area contributed by atoms with Crippen LogP contribution in [0, 0.1) is 6.92 Å². The molecule has 0 aliphatic carbocycles. The van der Waals surface area contributed by atoms with Gasteiger partial charge in [-0.15, -0.1) is 0 Å². The molecule has 1 aliphatic rings. The predicted molar refractivity (Wildman–Crippen MR) is 117 cm³/mol. The summed E-state index contributed by atoms with van der Waals surface area (Å²) >= 11 is 0. The summed E-state index contributed by atoms with van der Waals surface area (Å²) in [5.74, 6) is -1.19. The third-order valence-corrected chi connectivity index (χ3v) is 5.70. The number of rotatable bonds is 7. The molecule has 0 bridgehead atoms. The molecular formula is C22H23N5O6. The van der Waals surface area contributed by atoms with Gasteiger partial charge in [0.15, 0.2) is 11.2 Å². The van der Waals surface area contributed by atoms with Crippen molar-refractivity contribution in [1.29, 1.82) is 0 Å². The number of carbonyl (C=O) groups is 3. The topological polar surface area (TPSA) is 126 Å². The average molecular weight is 453 g/mol. The lowest BCUT2D eigenvalue weighted by molar-refractivity contribution is -0.144. The van der Waals surface area contributed by atoms with Gasteiger partial charge in [-0.3, -0.25) is 33.2 Å². The van der Waals surface area contributed by atoms with E-state index >= 15 is 0 Å². The Labute approximate surface area is 187 Å². The first-order chi connectivity index (χ1) is 15.7. The molecule has 0 unspecified atom stereocenters. The molecule has 11 heteroatoms. The largest absolute Gasteiger partial charge is 0.464 e. The number of aryl methyl sites for hydroxylation is 2. The maximum atomic E-state index is 12.5. The van der Waals surface area contributed by atoms with Gasteiger partial charge in [-0.25, -0.2) is 9.78 Å². The van der Waals surface area contributed by atoms with E-state index in [1.807, 2.05) is 6.92 Å². The van der Waals surface area contributed by atoms with Gasteiger partial charge in [-0.05, 0) is 25.5 Å². The molecule has 0 saturated carbocycles. The number of nitrogens with zero attached hydrogens (tertiary/aromatic N) is 5. The minimum Gasteiger partial charge on any atom is -0.464 e. The van der Waals surface area contributed by atoms with E-state index in [0.29, 0.717) is 11.1 Å². The number of benzene rings is 1. The quantitative estimate of drug-likeness (QED) is 0.374. The van der Waals surface area contributed by atoms with Crippen LogP contribution >= 0.6 is 0 Å². The second kappa shape index (κ2) is 8.49. The number of esters is 1. The first-order valence-electron chi connectivity index (χ1n) is 10.4. The molecule has 172 valence electrons. The van der Waals surface area contributed by atoms with Crippen LogP contribution < -0.4 is 11.2 Å². The Hall–Kier alpha value is -4.02. The summed E-state index contributed by atoms with van der Waals surface area (Å²) in [5, 5.41) is 0. The van der Waals surface area contributed by atoms with E-state index in [0.717, 1.165) is 15.0 Å². The number of fused-ring (bicyclic) bond motifs is 2. The third kappa shape index (κ3) is 3.86. The van der Waals surface area contributed by atoms with Gasteiger partial charge < -0.3 is 9.30 Å². The molecule has 33 heavy (non-hydrogen) atoms. The van der Waals surface area contributed by atoms with Crippen molar-refractivity contribution >= 4 is 28.9 Å². The normalized spacial score (nSPS) is 13.1. The van der Waals surface area contributed by atoms with Crippen LogP contribution in [0.1, 0.15) is 39.1 Å². The molecule has 3 aromatic rings. The van der Waals surface area contributed by atoms with Crippen LogP contribution in [0.15, 0.2) is 34.1 Å². The number of amides is 2. The fourth-order valence-corrected chi connectivity index (χ4v) is 3.89. The first kappa shape index (κ1) is 22.2. The molecule has 0 fully saturated rings. The third-order valence-electron chi connectivity index (χ3n) is 5.70. The zero-order valence-corrected chi connectivity index (χ0v) is 18.5. The number of hydrogen-bond donors (Lipinski definition) is 0. The molecular weight excluding hydrogens is 430 g/mol. The number of imide groups is 1. The van der Waals surface area contributed by atoms with Gasteiger partial charge in [0.1, 0.15) is 6.61 Å². The van der Waals surface area contributed by atoms with E-state index in [-0.39, 0.29) is 55.5 Å². The summed E-state index contributed by atoms with van der Waals surface area (Å²) in [5.41, 5.74) is 1.21. The predicted octanol–water partition coefficient (Wildman–Crippen LogP) is 0.362. The van der Waals surface area contributed by atoms with E-state index in [4.69, 9.17) is 4.74 Å². The molecule has 3 heterocycles. The van der Waals surface area contributed by atoms with Crippen LogP contribution in [-0.2, 0) is 30.2 Å². The summed E-state index contributed by atoms with van der Waals surface area (Å²) in [6.07, 6.45) is 1.73. The van der Waals surface area contributed by atoms with Crippen LogP contribution in [0.2, 0.25) is 0 Å². The lowest BCUT2D eigenvalue weighted by Crippen LogP contribution is -2.37. The van der Waals surface area contributed by atoms with Crippen molar-refractivity contribution in [2.75, 3.05) is 13.2 Å². The smallest absolute Gasteiger partial charge is 0.332 e. The highest BCUT2D eigenvalue weighted by Crippen LogP contribution is 2.24. The number of ether oxygens (including phenoxy) is 1. The van der Waals surface area contributed by atoms with Gasteiger partial charge in [0.25, 0.3) is 17.4 Å². The molecule has 4 rings (SSSR count). The van der Waals surface area contributed by atoms with Gasteiger partial charge in [0.2, 0.25) is 0 Å². The second-order valence-electron chi connectivity index (χ2n) is 7.95. The average Bonchev–Trinajstić information content (AvgIpc) is 3.31. The van der Waals surface area contributed by atoms with Crippen LogP contribution in [0.5, 0.6) is 0 Å².